The van der Waals surface area contributed by atoms with Crippen LogP contribution in [0.4, 0.5) is 0 Å². The van der Waals surface area contributed by atoms with E-state index in [1.807, 2.05) is 0 Å². The molecule has 0 heterocycles. The molecule has 5 heteroatoms. The Morgan fingerprint density at radius 3 is 2.25 bits per heavy atom. The number of rotatable bonds is 1. The molecule has 0 radical (unpaired) electrons. The lowest BCUT2D eigenvalue weighted by Crippen LogP contribution is -2.09. The summed E-state index contributed by atoms with van der Waals surface area (Å²) in [5.74, 6) is -1.53. The van der Waals surface area contributed by atoms with E-state index in [1.54, 1.807) is 0 Å². The molecule has 0 amide bonds. The normalized spacial score (nSPS) is 10.1. The van der Waals surface area contributed by atoms with E-state index in [-0.39, 0.29) is 0 Å². The number of nitriles is 1. The summed E-state index contributed by atoms with van der Waals surface area (Å²) in [6, 6.07) is 1.15. The predicted molar refractivity (Wildman–Crippen MR) is 22.5 cm³/mol. The van der Waals surface area contributed by atoms with Gasteiger partial charge in [-0.1, -0.05) is 5.16 Å². The molecule has 0 aliphatic rings. The summed E-state index contributed by atoms with van der Waals surface area (Å²) in [6.07, 6.45) is 0. The van der Waals surface area contributed by atoms with Crippen molar-refractivity contribution in [2.45, 2.75) is 0 Å². The Labute approximate surface area is 44.5 Å². The Morgan fingerprint density at radius 2 is 2.25 bits per heavy atom. The van der Waals surface area contributed by atoms with Crippen LogP contribution >= 0.6 is 0 Å². The standard InChI is InChI=1S/C3H2N2O3/c4-1-2(5-8)3(6)7/h8H,(H,6,7)/b5-2+. The number of hydrogen-bond donors (Lipinski definition) is 2. The Kier molecular flexibility index (Phi) is 2.07. The first kappa shape index (κ1) is 6.43. The number of aliphatic carboxylic acids is 1. The van der Waals surface area contributed by atoms with E-state index in [1.165, 1.54) is 0 Å². The molecule has 0 bridgehead atoms. The van der Waals surface area contributed by atoms with Crippen LogP contribution in [0.2, 0.25) is 0 Å². The topological polar surface area (TPSA) is 93.7 Å². The van der Waals surface area contributed by atoms with Crippen molar-refractivity contribution in [3.05, 3.63) is 0 Å². The van der Waals surface area contributed by atoms with Crippen molar-refractivity contribution in [3.63, 3.8) is 0 Å². The maximum absolute atomic E-state index is 9.65. The van der Waals surface area contributed by atoms with Gasteiger partial charge in [0.25, 0.3) is 5.71 Å². The van der Waals surface area contributed by atoms with E-state index in [0.717, 1.165) is 6.07 Å². The summed E-state index contributed by atoms with van der Waals surface area (Å²) >= 11 is 0. The number of carboxylic acid groups (broad SMARTS) is 1. The minimum atomic E-state index is -1.53. The predicted octanol–water partition coefficient (Wildman–Crippen LogP) is -0.575. The molecule has 0 saturated carbocycles. The van der Waals surface area contributed by atoms with E-state index in [2.05, 4.69) is 5.16 Å². The molecule has 2 N–H and O–H groups in total. The van der Waals surface area contributed by atoms with E-state index in [4.69, 9.17) is 15.6 Å². The number of nitrogens with zero attached hydrogens (tertiary/aromatic N) is 2. The molecule has 5 nitrogen and oxygen atoms in total. The van der Waals surface area contributed by atoms with Crippen LogP contribution in [-0.4, -0.2) is 22.0 Å². The Hall–Kier alpha value is -1.57. The number of oxime groups is 1. The second-order valence-electron chi connectivity index (χ2n) is 0.866. The SMILES string of the molecule is N#C/C(=N\O)C(=O)O. The van der Waals surface area contributed by atoms with E-state index >= 15 is 0 Å². The number of carboxylic acids is 1. The van der Waals surface area contributed by atoms with Crippen molar-refractivity contribution in [1.29, 1.82) is 5.26 Å². The molecule has 0 spiro atoms. The maximum Gasteiger partial charge on any atom is 0.369 e. The van der Waals surface area contributed by atoms with Gasteiger partial charge in [0.2, 0.25) is 0 Å². The van der Waals surface area contributed by atoms with Crippen molar-refractivity contribution in [1.82, 2.24) is 0 Å². The zero-order valence-corrected chi connectivity index (χ0v) is 3.70. The average molecular weight is 114 g/mol. The molecule has 8 heavy (non-hydrogen) atoms. The lowest BCUT2D eigenvalue weighted by molar-refractivity contribution is -0.129. The van der Waals surface area contributed by atoms with Crippen LogP contribution in [0.1, 0.15) is 0 Å². The van der Waals surface area contributed by atoms with Gasteiger partial charge in [0.1, 0.15) is 6.07 Å². The molecule has 0 aromatic carbocycles. The van der Waals surface area contributed by atoms with Gasteiger partial charge in [-0.15, -0.1) is 0 Å². The molecule has 0 aliphatic carbocycles. The highest BCUT2D eigenvalue weighted by molar-refractivity contribution is 6.42. The first-order valence-electron chi connectivity index (χ1n) is 1.57. The van der Waals surface area contributed by atoms with Gasteiger partial charge < -0.3 is 10.3 Å². The summed E-state index contributed by atoms with van der Waals surface area (Å²) in [5.41, 5.74) is -0.912. The summed E-state index contributed by atoms with van der Waals surface area (Å²) in [6.45, 7) is 0. The smallest absolute Gasteiger partial charge is 0.369 e. The van der Waals surface area contributed by atoms with Gasteiger partial charge in [0.15, 0.2) is 0 Å². The van der Waals surface area contributed by atoms with Crippen LogP contribution in [0.5, 0.6) is 0 Å². The highest BCUT2D eigenvalue weighted by atomic mass is 16.4. The zero-order valence-electron chi connectivity index (χ0n) is 3.70. The molecule has 0 aromatic heterocycles. The van der Waals surface area contributed by atoms with Gasteiger partial charge >= 0.3 is 5.97 Å². The second-order valence-corrected chi connectivity index (χ2v) is 0.866. The molecule has 0 aromatic rings. The molecule has 0 unspecified atom stereocenters. The molecular formula is C3H2N2O3. The molecule has 0 fully saturated rings. The monoisotopic (exact) mass is 114 g/mol. The van der Waals surface area contributed by atoms with E-state index in [0.29, 0.717) is 0 Å². The van der Waals surface area contributed by atoms with Crippen LogP contribution in [0.15, 0.2) is 5.16 Å². The van der Waals surface area contributed by atoms with Gasteiger partial charge in [0.05, 0.1) is 0 Å². The fourth-order valence-electron chi connectivity index (χ4n) is 0.113. The van der Waals surface area contributed by atoms with Crippen molar-refractivity contribution >= 4 is 11.7 Å². The lowest BCUT2D eigenvalue weighted by Gasteiger charge is -1.78. The quantitative estimate of drug-likeness (QED) is 0.271. The number of carbonyl (C=O) groups is 1. The van der Waals surface area contributed by atoms with Crippen LogP contribution in [0.25, 0.3) is 0 Å². The third-order valence-electron chi connectivity index (χ3n) is 0.408. The van der Waals surface area contributed by atoms with Crippen molar-refractivity contribution in [2.75, 3.05) is 0 Å². The fraction of sp³-hybridized carbons (Fsp3) is 0. The molecule has 0 saturated heterocycles. The Bertz CT molecular complexity index is 166. The van der Waals surface area contributed by atoms with Crippen molar-refractivity contribution in [2.24, 2.45) is 5.16 Å². The third-order valence-corrected chi connectivity index (χ3v) is 0.408. The van der Waals surface area contributed by atoms with E-state index in [9.17, 15) is 4.79 Å². The highest BCUT2D eigenvalue weighted by Crippen LogP contribution is 1.71. The van der Waals surface area contributed by atoms with Crippen LogP contribution in [0.3, 0.4) is 0 Å². The van der Waals surface area contributed by atoms with Crippen LogP contribution < -0.4 is 0 Å². The van der Waals surface area contributed by atoms with Crippen LogP contribution in [0, 0.1) is 11.3 Å². The first-order valence-corrected chi connectivity index (χ1v) is 1.57. The summed E-state index contributed by atoms with van der Waals surface area (Å²) in [5, 5.41) is 25.5. The van der Waals surface area contributed by atoms with Crippen LogP contribution in [-0.2, 0) is 4.79 Å². The highest BCUT2D eigenvalue weighted by Gasteiger charge is 2.06. The summed E-state index contributed by atoms with van der Waals surface area (Å²) < 4.78 is 0. The van der Waals surface area contributed by atoms with Gasteiger partial charge in [-0.25, -0.2) is 4.79 Å². The van der Waals surface area contributed by atoms with E-state index < -0.39 is 11.7 Å². The minimum absolute atomic E-state index is 0.912. The lowest BCUT2D eigenvalue weighted by atomic mass is 10.4. The van der Waals surface area contributed by atoms with Gasteiger partial charge in [0, 0.05) is 0 Å². The molecule has 0 rings (SSSR count). The van der Waals surface area contributed by atoms with Gasteiger partial charge in [-0.2, -0.15) is 5.26 Å². The van der Waals surface area contributed by atoms with Gasteiger partial charge in [-0.3, -0.25) is 0 Å². The maximum atomic E-state index is 9.65. The van der Waals surface area contributed by atoms with Crippen molar-refractivity contribution < 1.29 is 15.1 Å². The Balaban J connectivity index is 4.20. The fourth-order valence-corrected chi connectivity index (χ4v) is 0.113. The van der Waals surface area contributed by atoms with Crippen molar-refractivity contribution in [3.8, 4) is 6.07 Å². The largest absolute Gasteiger partial charge is 0.476 e. The molecule has 42 valence electrons. The second kappa shape index (κ2) is 2.58. The number of hydrogen-bond acceptors (Lipinski definition) is 4. The third kappa shape index (κ3) is 1.26. The molecular weight excluding hydrogens is 112 g/mol. The Morgan fingerprint density at radius 1 is 1.75 bits per heavy atom. The molecule has 0 aliphatic heterocycles. The minimum Gasteiger partial charge on any atom is -0.476 e. The summed E-state index contributed by atoms with van der Waals surface area (Å²) in [4.78, 5) is 9.65. The summed E-state index contributed by atoms with van der Waals surface area (Å²) in [7, 11) is 0. The first-order chi connectivity index (χ1) is 3.72. The van der Waals surface area contributed by atoms with Gasteiger partial charge in [-0.05, 0) is 0 Å². The molecule has 0 atom stereocenters. The zero-order chi connectivity index (χ0) is 6.57. The average Bonchev–Trinajstić information content (AvgIpc) is 1.69.